The number of hydrogen-bond acceptors (Lipinski definition) is 2. The first-order valence-electron chi connectivity index (χ1n) is 5.48. The molecule has 0 heterocycles. The molecule has 0 amide bonds. The van der Waals surface area contributed by atoms with Crippen LogP contribution >= 0.6 is 15.9 Å². The fourth-order valence-corrected chi connectivity index (χ4v) is 2.23. The van der Waals surface area contributed by atoms with Gasteiger partial charge < -0.3 is 10.8 Å². The van der Waals surface area contributed by atoms with Crippen molar-refractivity contribution in [1.82, 2.24) is 0 Å². The largest absolute Gasteiger partial charge is 0.508 e. The summed E-state index contributed by atoms with van der Waals surface area (Å²) in [6, 6.07) is 13.4. The standard InChI is InChI=1S/C14H14BrNO/c15-14-5-4-11(8-12(14)6-7-16)10-2-1-3-13(17)9-10/h1-5,8-9,17H,6-7,16H2. The second kappa shape index (κ2) is 5.34. The van der Waals surface area contributed by atoms with Crippen LogP contribution in [0.3, 0.4) is 0 Å². The van der Waals surface area contributed by atoms with Crippen LogP contribution in [-0.4, -0.2) is 11.7 Å². The van der Waals surface area contributed by atoms with Crippen molar-refractivity contribution in [3.05, 3.63) is 52.5 Å². The number of nitrogens with two attached hydrogens (primary N) is 1. The Hall–Kier alpha value is -1.32. The molecule has 0 saturated heterocycles. The molecule has 0 spiro atoms. The average molecular weight is 292 g/mol. The van der Waals surface area contributed by atoms with Crippen molar-refractivity contribution in [3.8, 4) is 16.9 Å². The smallest absolute Gasteiger partial charge is 0.116 e. The van der Waals surface area contributed by atoms with Gasteiger partial charge >= 0.3 is 0 Å². The molecule has 2 aromatic rings. The Balaban J connectivity index is 2.42. The molecule has 2 nitrogen and oxygen atoms in total. The number of hydrogen-bond donors (Lipinski definition) is 2. The van der Waals surface area contributed by atoms with E-state index in [4.69, 9.17) is 5.73 Å². The molecule has 0 bridgehead atoms. The molecule has 0 aliphatic carbocycles. The molecule has 0 atom stereocenters. The lowest BCUT2D eigenvalue weighted by Crippen LogP contribution is -2.03. The molecule has 2 aromatic carbocycles. The van der Waals surface area contributed by atoms with Crippen LogP contribution in [0, 0.1) is 0 Å². The number of benzene rings is 2. The zero-order valence-corrected chi connectivity index (χ0v) is 10.9. The van der Waals surface area contributed by atoms with Gasteiger partial charge in [-0.2, -0.15) is 0 Å². The van der Waals surface area contributed by atoms with Crippen LogP contribution in [0.1, 0.15) is 5.56 Å². The van der Waals surface area contributed by atoms with Gasteiger partial charge in [-0.05, 0) is 53.9 Å². The van der Waals surface area contributed by atoms with E-state index in [9.17, 15) is 5.11 Å². The van der Waals surface area contributed by atoms with Crippen LogP contribution in [0.2, 0.25) is 0 Å². The van der Waals surface area contributed by atoms with Crippen molar-refractivity contribution in [2.24, 2.45) is 5.73 Å². The third-order valence-corrected chi connectivity index (χ3v) is 3.41. The molecule has 0 fully saturated rings. The highest BCUT2D eigenvalue weighted by Gasteiger charge is 2.03. The van der Waals surface area contributed by atoms with Crippen LogP contribution in [0.5, 0.6) is 5.75 Å². The van der Waals surface area contributed by atoms with Crippen molar-refractivity contribution >= 4 is 15.9 Å². The molecule has 0 aliphatic heterocycles. The minimum absolute atomic E-state index is 0.283. The van der Waals surface area contributed by atoms with Gasteiger partial charge in [0.15, 0.2) is 0 Å². The number of halogens is 1. The molecule has 2 rings (SSSR count). The summed E-state index contributed by atoms with van der Waals surface area (Å²) < 4.78 is 1.08. The number of phenolic OH excluding ortho intramolecular Hbond substituents is 1. The van der Waals surface area contributed by atoms with E-state index >= 15 is 0 Å². The van der Waals surface area contributed by atoms with Crippen molar-refractivity contribution in [2.45, 2.75) is 6.42 Å². The predicted molar refractivity (Wildman–Crippen MR) is 74.0 cm³/mol. The van der Waals surface area contributed by atoms with Crippen LogP contribution in [0.4, 0.5) is 0 Å². The van der Waals surface area contributed by atoms with E-state index in [-0.39, 0.29) is 5.75 Å². The molecule has 3 N–H and O–H groups in total. The highest BCUT2D eigenvalue weighted by Crippen LogP contribution is 2.27. The van der Waals surface area contributed by atoms with Gasteiger partial charge in [0.25, 0.3) is 0 Å². The molecule has 0 unspecified atom stereocenters. The minimum Gasteiger partial charge on any atom is -0.508 e. The lowest BCUT2D eigenvalue weighted by Gasteiger charge is -2.07. The summed E-state index contributed by atoms with van der Waals surface area (Å²) in [6.07, 6.45) is 0.841. The summed E-state index contributed by atoms with van der Waals surface area (Å²) in [6.45, 7) is 0.627. The van der Waals surface area contributed by atoms with E-state index in [1.165, 1.54) is 5.56 Å². The zero-order valence-electron chi connectivity index (χ0n) is 9.36. The molecular formula is C14H14BrNO. The molecule has 0 saturated carbocycles. The summed E-state index contributed by atoms with van der Waals surface area (Å²) in [5.74, 6) is 0.283. The van der Waals surface area contributed by atoms with Crippen molar-refractivity contribution in [1.29, 1.82) is 0 Å². The van der Waals surface area contributed by atoms with E-state index in [0.29, 0.717) is 6.54 Å². The minimum atomic E-state index is 0.283. The van der Waals surface area contributed by atoms with E-state index in [1.54, 1.807) is 12.1 Å². The highest BCUT2D eigenvalue weighted by molar-refractivity contribution is 9.10. The third kappa shape index (κ3) is 2.87. The van der Waals surface area contributed by atoms with Gasteiger partial charge in [0.2, 0.25) is 0 Å². The Morgan fingerprint density at radius 1 is 1.06 bits per heavy atom. The Kier molecular flexibility index (Phi) is 3.82. The van der Waals surface area contributed by atoms with E-state index in [1.807, 2.05) is 24.3 Å². The first kappa shape index (κ1) is 12.1. The average Bonchev–Trinajstić information content (AvgIpc) is 2.32. The fraction of sp³-hybridized carbons (Fsp3) is 0.143. The van der Waals surface area contributed by atoms with Crippen molar-refractivity contribution < 1.29 is 5.11 Å². The first-order chi connectivity index (χ1) is 8.20. The SMILES string of the molecule is NCCc1cc(-c2cccc(O)c2)ccc1Br. The Labute approximate surface area is 109 Å². The molecule has 0 aliphatic rings. The number of rotatable bonds is 3. The quantitative estimate of drug-likeness (QED) is 0.911. The monoisotopic (exact) mass is 291 g/mol. The van der Waals surface area contributed by atoms with Gasteiger partial charge in [0.05, 0.1) is 0 Å². The van der Waals surface area contributed by atoms with Crippen LogP contribution in [-0.2, 0) is 6.42 Å². The summed E-state index contributed by atoms with van der Waals surface area (Å²) in [5.41, 5.74) is 8.87. The van der Waals surface area contributed by atoms with Gasteiger partial charge in [-0.15, -0.1) is 0 Å². The van der Waals surface area contributed by atoms with Gasteiger partial charge in [0, 0.05) is 4.47 Å². The maximum Gasteiger partial charge on any atom is 0.116 e. The highest BCUT2D eigenvalue weighted by atomic mass is 79.9. The summed E-state index contributed by atoms with van der Waals surface area (Å²) in [7, 11) is 0. The van der Waals surface area contributed by atoms with E-state index < -0.39 is 0 Å². The fourth-order valence-electron chi connectivity index (χ4n) is 1.79. The van der Waals surface area contributed by atoms with Gasteiger partial charge in [0.1, 0.15) is 5.75 Å². The Morgan fingerprint density at radius 2 is 1.82 bits per heavy atom. The first-order valence-corrected chi connectivity index (χ1v) is 6.28. The molecule has 88 valence electrons. The van der Waals surface area contributed by atoms with Gasteiger partial charge in [-0.25, -0.2) is 0 Å². The molecule has 3 heteroatoms. The number of aromatic hydroxyl groups is 1. The molecule has 17 heavy (non-hydrogen) atoms. The summed E-state index contributed by atoms with van der Waals surface area (Å²) >= 11 is 3.51. The van der Waals surface area contributed by atoms with Crippen molar-refractivity contribution in [3.63, 3.8) is 0 Å². The molecule has 0 radical (unpaired) electrons. The predicted octanol–water partition coefficient (Wildman–Crippen LogP) is 3.32. The second-order valence-corrected chi connectivity index (χ2v) is 4.75. The Bertz CT molecular complexity index is 525. The van der Waals surface area contributed by atoms with Crippen LogP contribution in [0.25, 0.3) is 11.1 Å². The van der Waals surface area contributed by atoms with Gasteiger partial charge in [-0.1, -0.05) is 34.1 Å². The topological polar surface area (TPSA) is 46.2 Å². The normalized spacial score (nSPS) is 10.5. The second-order valence-electron chi connectivity index (χ2n) is 3.90. The Morgan fingerprint density at radius 3 is 2.53 bits per heavy atom. The van der Waals surface area contributed by atoms with E-state index in [2.05, 4.69) is 22.0 Å². The van der Waals surface area contributed by atoms with Crippen LogP contribution < -0.4 is 5.73 Å². The van der Waals surface area contributed by atoms with Gasteiger partial charge in [-0.3, -0.25) is 0 Å². The zero-order chi connectivity index (χ0) is 12.3. The maximum atomic E-state index is 9.47. The molecule has 0 aromatic heterocycles. The molecular weight excluding hydrogens is 278 g/mol. The van der Waals surface area contributed by atoms with E-state index in [0.717, 1.165) is 22.0 Å². The van der Waals surface area contributed by atoms with Crippen molar-refractivity contribution in [2.75, 3.05) is 6.54 Å². The summed E-state index contributed by atoms with van der Waals surface area (Å²) in [5, 5.41) is 9.47. The summed E-state index contributed by atoms with van der Waals surface area (Å²) in [4.78, 5) is 0. The lowest BCUT2D eigenvalue weighted by atomic mass is 10.0. The third-order valence-electron chi connectivity index (χ3n) is 2.64. The number of phenols is 1. The van der Waals surface area contributed by atoms with Crippen LogP contribution in [0.15, 0.2) is 46.9 Å². The lowest BCUT2D eigenvalue weighted by molar-refractivity contribution is 0.475. The maximum absolute atomic E-state index is 9.47.